The van der Waals surface area contributed by atoms with Gasteiger partial charge in [-0.3, -0.25) is 14.8 Å². The lowest BCUT2D eigenvalue weighted by Crippen LogP contribution is -2.25. The largest absolute Gasteiger partial charge is 0.383 e. The summed E-state index contributed by atoms with van der Waals surface area (Å²) in [5, 5.41) is 5.26. The Bertz CT molecular complexity index is 1130. The van der Waals surface area contributed by atoms with Crippen molar-refractivity contribution in [3.63, 3.8) is 0 Å². The zero-order valence-electron chi connectivity index (χ0n) is 18.1. The predicted molar refractivity (Wildman–Crippen MR) is 127 cm³/mol. The smallest absolute Gasteiger partial charge is 0.252 e. The van der Waals surface area contributed by atoms with Gasteiger partial charge in [-0.2, -0.15) is 0 Å². The van der Waals surface area contributed by atoms with Gasteiger partial charge in [-0.25, -0.2) is 9.97 Å². The minimum absolute atomic E-state index is 0.189. The van der Waals surface area contributed by atoms with Crippen LogP contribution in [0.1, 0.15) is 29.8 Å². The molecule has 1 amide bonds. The van der Waals surface area contributed by atoms with Gasteiger partial charge in [0.05, 0.1) is 10.9 Å². The van der Waals surface area contributed by atoms with Gasteiger partial charge in [0.2, 0.25) is 0 Å². The van der Waals surface area contributed by atoms with Gasteiger partial charge in [-0.05, 0) is 44.0 Å². The highest BCUT2D eigenvalue weighted by Crippen LogP contribution is 2.30. The lowest BCUT2D eigenvalue weighted by molar-refractivity contribution is 0.0956. The highest BCUT2D eigenvalue weighted by molar-refractivity contribution is 7.17. The summed E-state index contributed by atoms with van der Waals surface area (Å²) in [6, 6.07) is 9.36. The minimum Gasteiger partial charge on any atom is -0.383 e. The van der Waals surface area contributed by atoms with Gasteiger partial charge in [0.15, 0.2) is 5.82 Å². The topological polar surface area (TPSA) is 116 Å². The van der Waals surface area contributed by atoms with Crippen LogP contribution in [-0.2, 0) is 11.2 Å². The molecule has 0 aliphatic heterocycles. The van der Waals surface area contributed by atoms with E-state index >= 15 is 0 Å². The summed E-state index contributed by atoms with van der Waals surface area (Å²) in [6.07, 6.45) is 5.89. The van der Waals surface area contributed by atoms with Crippen molar-refractivity contribution in [1.82, 2.24) is 25.3 Å². The first-order chi connectivity index (χ1) is 15.6. The van der Waals surface area contributed by atoms with E-state index in [1.807, 2.05) is 44.2 Å². The number of amides is 1. The van der Waals surface area contributed by atoms with Crippen molar-refractivity contribution in [3.05, 3.63) is 65.4 Å². The Balaban J connectivity index is 0.000000523. The quantitative estimate of drug-likeness (QED) is 0.440. The summed E-state index contributed by atoms with van der Waals surface area (Å²) in [6.45, 7) is 6.18. The lowest BCUT2D eigenvalue weighted by atomic mass is 10.2. The third-order valence-corrected chi connectivity index (χ3v) is 5.30. The van der Waals surface area contributed by atoms with E-state index in [0.29, 0.717) is 40.3 Å². The summed E-state index contributed by atoms with van der Waals surface area (Å²) < 4.78 is 4.83. The van der Waals surface area contributed by atoms with Gasteiger partial charge in [0.1, 0.15) is 16.3 Å². The normalized spacial score (nSPS) is 10.4. The van der Waals surface area contributed by atoms with Crippen LogP contribution in [0, 0.1) is 0 Å². The van der Waals surface area contributed by atoms with E-state index in [1.165, 1.54) is 11.3 Å². The maximum absolute atomic E-state index is 12.6. The Kier molecular flexibility index (Phi) is 8.59. The van der Waals surface area contributed by atoms with Gasteiger partial charge >= 0.3 is 0 Å². The van der Waals surface area contributed by atoms with Crippen molar-refractivity contribution in [2.45, 2.75) is 20.3 Å². The lowest BCUT2D eigenvalue weighted by Gasteiger charge is -2.06. The molecule has 4 heterocycles. The van der Waals surface area contributed by atoms with Crippen molar-refractivity contribution in [3.8, 4) is 11.5 Å². The number of hydrogen-bond donors (Lipinski definition) is 2. The Morgan fingerprint density at radius 3 is 2.62 bits per heavy atom. The molecule has 0 aliphatic rings. The number of ether oxygens (including phenoxy) is 1. The monoisotopic (exact) mass is 450 g/mol. The maximum atomic E-state index is 12.6. The number of nitrogens with two attached hydrogens (primary N) is 1. The zero-order chi connectivity index (χ0) is 22.8. The summed E-state index contributed by atoms with van der Waals surface area (Å²) >= 11 is 1.37. The summed E-state index contributed by atoms with van der Waals surface area (Å²) in [5.74, 6) is 0.538. The number of anilines is 1. The van der Waals surface area contributed by atoms with Gasteiger partial charge in [0, 0.05) is 43.7 Å². The van der Waals surface area contributed by atoms with Gasteiger partial charge in [0.25, 0.3) is 5.91 Å². The number of carbonyl (C=O) groups excluding carboxylic acids is 1. The van der Waals surface area contributed by atoms with Gasteiger partial charge < -0.3 is 15.8 Å². The molecule has 0 fully saturated rings. The molecule has 0 aliphatic carbocycles. The molecule has 8 nitrogen and oxygen atoms in total. The van der Waals surface area contributed by atoms with E-state index in [0.717, 1.165) is 18.8 Å². The molecule has 9 heteroatoms. The first-order valence-corrected chi connectivity index (χ1v) is 11.2. The van der Waals surface area contributed by atoms with Crippen molar-refractivity contribution >= 4 is 33.3 Å². The molecule has 0 spiro atoms. The number of nitrogens with zero attached hydrogens (tertiary/aromatic N) is 4. The fraction of sp³-hybridized carbons (Fsp3) is 0.261. The second kappa shape index (κ2) is 11.8. The molecular weight excluding hydrogens is 424 g/mol. The Hall–Kier alpha value is -3.43. The van der Waals surface area contributed by atoms with Crippen LogP contribution in [0.25, 0.3) is 21.7 Å². The first-order valence-electron chi connectivity index (χ1n) is 10.3. The molecule has 0 saturated carbocycles. The fourth-order valence-corrected chi connectivity index (χ4v) is 3.84. The molecule has 0 saturated heterocycles. The van der Waals surface area contributed by atoms with Crippen LogP contribution in [-0.4, -0.2) is 45.6 Å². The van der Waals surface area contributed by atoms with E-state index in [4.69, 9.17) is 10.5 Å². The summed E-state index contributed by atoms with van der Waals surface area (Å²) in [4.78, 5) is 30.4. The molecular formula is C23H26N6O2S. The molecule has 0 unspecified atom stereocenters. The number of pyridine rings is 2. The van der Waals surface area contributed by atoms with Crippen molar-refractivity contribution < 1.29 is 9.53 Å². The van der Waals surface area contributed by atoms with Gasteiger partial charge in [-0.1, -0.05) is 12.1 Å². The second-order valence-corrected chi connectivity index (χ2v) is 7.48. The van der Waals surface area contributed by atoms with Crippen molar-refractivity contribution in [1.29, 1.82) is 0 Å². The molecule has 4 aromatic heterocycles. The summed E-state index contributed by atoms with van der Waals surface area (Å²) in [7, 11) is 0. The molecule has 166 valence electrons. The molecule has 0 radical (unpaired) electrons. The third-order valence-electron chi connectivity index (χ3n) is 4.43. The number of rotatable bonds is 7. The van der Waals surface area contributed by atoms with Crippen LogP contribution in [0.4, 0.5) is 5.82 Å². The maximum Gasteiger partial charge on any atom is 0.252 e. The van der Waals surface area contributed by atoms with E-state index in [9.17, 15) is 4.79 Å². The Morgan fingerprint density at radius 2 is 1.97 bits per heavy atom. The number of aromatic nitrogens is 4. The summed E-state index contributed by atoms with van der Waals surface area (Å²) in [5.41, 5.74) is 8.33. The van der Waals surface area contributed by atoms with Crippen LogP contribution in [0.2, 0.25) is 0 Å². The van der Waals surface area contributed by atoms with Gasteiger partial charge in [-0.15, -0.1) is 11.3 Å². The zero-order valence-corrected chi connectivity index (χ0v) is 18.9. The first kappa shape index (κ1) is 23.2. The number of fused-ring (bicyclic) bond motifs is 1. The van der Waals surface area contributed by atoms with E-state index in [1.54, 1.807) is 24.0 Å². The van der Waals surface area contributed by atoms with Crippen LogP contribution in [0.3, 0.4) is 0 Å². The molecule has 4 aromatic rings. The number of thiophene rings is 1. The Labute approximate surface area is 190 Å². The molecule has 4 rings (SSSR count). The van der Waals surface area contributed by atoms with Crippen LogP contribution in [0.5, 0.6) is 0 Å². The molecule has 0 bridgehead atoms. The fourth-order valence-electron chi connectivity index (χ4n) is 2.91. The number of nitrogen functional groups attached to an aromatic ring is 1. The van der Waals surface area contributed by atoms with E-state index in [-0.39, 0.29) is 11.7 Å². The second-order valence-electron chi connectivity index (χ2n) is 6.63. The highest BCUT2D eigenvalue weighted by atomic mass is 32.1. The number of nitrogens with one attached hydrogen (secondary N) is 1. The van der Waals surface area contributed by atoms with Crippen LogP contribution in [0.15, 0.2) is 54.3 Å². The Morgan fingerprint density at radius 1 is 1.12 bits per heavy atom. The average Bonchev–Trinajstić information content (AvgIpc) is 3.26. The third kappa shape index (κ3) is 6.05. The van der Waals surface area contributed by atoms with Crippen molar-refractivity contribution in [2.75, 3.05) is 25.5 Å². The number of carbonyl (C=O) groups is 1. The van der Waals surface area contributed by atoms with Crippen molar-refractivity contribution in [2.24, 2.45) is 0 Å². The molecule has 32 heavy (non-hydrogen) atoms. The molecule has 0 aromatic carbocycles. The predicted octanol–water partition coefficient (Wildman–Crippen LogP) is 3.75. The van der Waals surface area contributed by atoms with Crippen LogP contribution < -0.4 is 11.1 Å². The minimum atomic E-state index is -0.189. The van der Waals surface area contributed by atoms with E-state index in [2.05, 4.69) is 25.3 Å². The van der Waals surface area contributed by atoms with Crippen LogP contribution >= 0.6 is 11.3 Å². The number of hydrogen-bond acceptors (Lipinski definition) is 8. The average molecular weight is 451 g/mol. The standard InChI is InChI=1S/C19H16N6OS.C4H10O/c20-16-15-13(18(26)23-9-6-12-4-3-7-21-10-12)11-27-19(15)25-17(24-16)14-5-1-2-8-22-14;1-3-5-4-2/h1-5,7-8,10-11H,6,9H2,(H,23,26)(H2,20,24,25);3-4H2,1-2H3. The molecule has 0 atom stereocenters. The molecule has 3 N–H and O–H groups in total. The highest BCUT2D eigenvalue weighted by Gasteiger charge is 2.18. The SMILES string of the molecule is CCOCC.Nc1nc(-c2ccccn2)nc2scc(C(=O)NCCc3cccnc3)c12. The van der Waals surface area contributed by atoms with E-state index < -0.39 is 0 Å².